The number of nitrogens with zero attached hydrogens (tertiary/aromatic N) is 1. The summed E-state index contributed by atoms with van der Waals surface area (Å²) in [6.07, 6.45) is 2.63. The maximum Gasteiger partial charge on any atom is 0.265 e. The molecule has 0 saturated carbocycles. The highest BCUT2D eigenvalue weighted by Gasteiger charge is 2.19. The third-order valence-electron chi connectivity index (χ3n) is 2.63. The van der Waals surface area contributed by atoms with E-state index in [0.717, 1.165) is 0 Å². The number of halogens is 1. The summed E-state index contributed by atoms with van der Waals surface area (Å²) in [6.45, 7) is 0. The van der Waals surface area contributed by atoms with Crippen LogP contribution in [-0.4, -0.2) is 20.5 Å². The number of pyridine rings is 1. The van der Waals surface area contributed by atoms with Crippen LogP contribution < -0.4 is 20.7 Å². The summed E-state index contributed by atoms with van der Waals surface area (Å²) < 4.78 is 32.1. The van der Waals surface area contributed by atoms with Crippen LogP contribution in [0.3, 0.4) is 0 Å². The van der Waals surface area contributed by atoms with Gasteiger partial charge in [-0.2, -0.15) is 0 Å². The van der Waals surface area contributed by atoms with Crippen molar-refractivity contribution in [1.29, 1.82) is 0 Å². The molecule has 0 aliphatic heterocycles. The van der Waals surface area contributed by atoms with Gasteiger partial charge in [-0.05, 0) is 18.2 Å². The average molecular weight is 329 g/mol. The molecule has 0 saturated heterocycles. The van der Waals surface area contributed by atoms with Crippen molar-refractivity contribution in [2.75, 3.05) is 17.3 Å². The highest BCUT2D eigenvalue weighted by Crippen LogP contribution is 2.29. The van der Waals surface area contributed by atoms with Gasteiger partial charge in [0.05, 0.1) is 23.5 Å². The molecular weight excluding hydrogens is 316 g/mol. The SMILES string of the molecule is COc1cc(NS(=O)(=O)c2cnccc2NN)ccc1Cl. The molecular formula is C12H13ClN4O3S. The molecule has 21 heavy (non-hydrogen) atoms. The number of rotatable bonds is 5. The van der Waals surface area contributed by atoms with Crippen molar-refractivity contribution in [3.8, 4) is 5.75 Å². The quantitative estimate of drug-likeness (QED) is 0.571. The van der Waals surface area contributed by atoms with E-state index >= 15 is 0 Å². The van der Waals surface area contributed by atoms with Crippen LogP contribution >= 0.6 is 11.6 Å². The van der Waals surface area contributed by atoms with Crippen molar-refractivity contribution in [3.63, 3.8) is 0 Å². The number of aromatic nitrogens is 1. The average Bonchev–Trinajstić information content (AvgIpc) is 2.49. The number of benzene rings is 1. The Morgan fingerprint density at radius 2 is 2.10 bits per heavy atom. The van der Waals surface area contributed by atoms with Gasteiger partial charge >= 0.3 is 0 Å². The molecule has 0 radical (unpaired) electrons. The summed E-state index contributed by atoms with van der Waals surface area (Å²) in [5.41, 5.74) is 2.86. The second-order valence-corrected chi connectivity index (χ2v) is 6.03. The zero-order valence-electron chi connectivity index (χ0n) is 11.0. The number of ether oxygens (including phenoxy) is 1. The second kappa shape index (κ2) is 6.17. The summed E-state index contributed by atoms with van der Waals surface area (Å²) >= 11 is 5.89. The summed E-state index contributed by atoms with van der Waals surface area (Å²) in [6, 6.07) is 5.99. The second-order valence-electron chi connectivity index (χ2n) is 3.97. The summed E-state index contributed by atoms with van der Waals surface area (Å²) in [7, 11) is -2.41. The number of nitrogens with one attached hydrogen (secondary N) is 2. The minimum absolute atomic E-state index is 0.0681. The van der Waals surface area contributed by atoms with Crippen molar-refractivity contribution >= 4 is 33.0 Å². The molecule has 9 heteroatoms. The molecule has 112 valence electrons. The van der Waals surface area contributed by atoms with Gasteiger partial charge in [-0.3, -0.25) is 15.5 Å². The van der Waals surface area contributed by atoms with Crippen LogP contribution in [0.1, 0.15) is 0 Å². The highest BCUT2D eigenvalue weighted by atomic mass is 35.5. The molecule has 4 N–H and O–H groups in total. The molecule has 0 spiro atoms. The molecule has 0 aliphatic rings. The maximum atomic E-state index is 12.3. The van der Waals surface area contributed by atoms with Gasteiger partial charge in [-0.15, -0.1) is 0 Å². The first-order chi connectivity index (χ1) is 9.97. The van der Waals surface area contributed by atoms with Gasteiger partial charge in [0.25, 0.3) is 10.0 Å². The Kier molecular flexibility index (Phi) is 4.51. The number of methoxy groups -OCH3 is 1. The van der Waals surface area contributed by atoms with Gasteiger partial charge in [-0.25, -0.2) is 8.42 Å². The molecule has 0 aliphatic carbocycles. The summed E-state index contributed by atoms with van der Waals surface area (Å²) in [5, 5.41) is 0.381. The normalized spacial score (nSPS) is 11.0. The third-order valence-corrected chi connectivity index (χ3v) is 4.35. The number of anilines is 2. The minimum Gasteiger partial charge on any atom is -0.495 e. The third kappa shape index (κ3) is 3.35. The fourth-order valence-electron chi connectivity index (χ4n) is 1.65. The Morgan fingerprint density at radius 3 is 2.76 bits per heavy atom. The molecule has 1 aromatic heterocycles. The lowest BCUT2D eigenvalue weighted by Gasteiger charge is -2.12. The molecule has 0 bridgehead atoms. The maximum absolute atomic E-state index is 12.3. The Balaban J connectivity index is 2.37. The van der Waals surface area contributed by atoms with E-state index in [1.807, 2.05) is 0 Å². The van der Waals surface area contributed by atoms with Gasteiger partial charge < -0.3 is 10.2 Å². The lowest BCUT2D eigenvalue weighted by Crippen LogP contribution is -2.17. The first-order valence-corrected chi connectivity index (χ1v) is 7.61. The Bertz CT molecular complexity index is 752. The van der Waals surface area contributed by atoms with Crippen LogP contribution in [0.5, 0.6) is 5.75 Å². The topological polar surface area (TPSA) is 106 Å². The van der Waals surface area contributed by atoms with E-state index in [2.05, 4.69) is 15.1 Å². The molecule has 2 rings (SSSR count). The number of hydrazine groups is 1. The number of hydrogen-bond donors (Lipinski definition) is 3. The first kappa shape index (κ1) is 15.4. The number of sulfonamides is 1. The van der Waals surface area contributed by atoms with Crippen molar-refractivity contribution in [2.45, 2.75) is 4.90 Å². The van der Waals surface area contributed by atoms with E-state index in [1.54, 1.807) is 0 Å². The first-order valence-electron chi connectivity index (χ1n) is 5.75. The number of nitrogen functional groups attached to an aromatic ring is 1. The highest BCUT2D eigenvalue weighted by molar-refractivity contribution is 7.92. The van der Waals surface area contributed by atoms with Crippen molar-refractivity contribution in [1.82, 2.24) is 4.98 Å². The van der Waals surface area contributed by atoms with Crippen LogP contribution in [0.25, 0.3) is 0 Å². The monoisotopic (exact) mass is 328 g/mol. The fraction of sp³-hybridized carbons (Fsp3) is 0.0833. The molecule has 0 unspecified atom stereocenters. The zero-order chi connectivity index (χ0) is 15.5. The molecule has 7 nitrogen and oxygen atoms in total. The Hall–Kier alpha value is -2.03. The van der Waals surface area contributed by atoms with Crippen molar-refractivity contribution in [2.24, 2.45) is 5.84 Å². The number of nitrogens with two attached hydrogens (primary N) is 1. The van der Waals surface area contributed by atoms with Gasteiger partial charge in [0, 0.05) is 18.5 Å². The molecule has 1 aromatic carbocycles. The Morgan fingerprint density at radius 1 is 1.33 bits per heavy atom. The summed E-state index contributed by atoms with van der Waals surface area (Å²) in [4.78, 5) is 3.72. The molecule has 0 atom stereocenters. The van der Waals surface area contributed by atoms with Crippen LogP contribution in [0.2, 0.25) is 5.02 Å². The van der Waals surface area contributed by atoms with E-state index in [9.17, 15) is 8.42 Å². The van der Waals surface area contributed by atoms with Crippen LogP contribution in [0, 0.1) is 0 Å². The fourth-order valence-corrected chi connectivity index (χ4v) is 3.00. The van der Waals surface area contributed by atoms with E-state index in [0.29, 0.717) is 16.5 Å². The molecule has 2 aromatic rings. The largest absolute Gasteiger partial charge is 0.495 e. The van der Waals surface area contributed by atoms with E-state index in [1.165, 1.54) is 43.8 Å². The van der Waals surface area contributed by atoms with E-state index in [-0.39, 0.29) is 10.6 Å². The minimum atomic E-state index is -3.85. The zero-order valence-corrected chi connectivity index (χ0v) is 12.6. The smallest absolute Gasteiger partial charge is 0.265 e. The van der Waals surface area contributed by atoms with Crippen LogP contribution in [0.4, 0.5) is 11.4 Å². The van der Waals surface area contributed by atoms with E-state index < -0.39 is 10.0 Å². The molecule has 1 heterocycles. The van der Waals surface area contributed by atoms with Gasteiger partial charge in [-0.1, -0.05) is 11.6 Å². The lowest BCUT2D eigenvalue weighted by atomic mass is 10.3. The number of hydrogen-bond acceptors (Lipinski definition) is 6. The molecule has 0 fully saturated rings. The Labute approximate surface area is 127 Å². The van der Waals surface area contributed by atoms with Crippen LogP contribution in [0.15, 0.2) is 41.6 Å². The van der Waals surface area contributed by atoms with Gasteiger partial charge in [0.2, 0.25) is 0 Å². The predicted octanol–water partition coefficient (Wildman–Crippen LogP) is 1.83. The predicted molar refractivity (Wildman–Crippen MR) is 80.9 cm³/mol. The molecule has 0 amide bonds. The lowest BCUT2D eigenvalue weighted by molar-refractivity contribution is 0.415. The van der Waals surface area contributed by atoms with Crippen LogP contribution in [-0.2, 0) is 10.0 Å². The van der Waals surface area contributed by atoms with Gasteiger partial charge in [0.1, 0.15) is 10.6 Å². The van der Waals surface area contributed by atoms with E-state index in [4.69, 9.17) is 22.2 Å². The van der Waals surface area contributed by atoms with Gasteiger partial charge in [0.15, 0.2) is 0 Å². The van der Waals surface area contributed by atoms with Crippen molar-refractivity contribution in [3.05, 3.63) is 41.7 Å². The van der Waals surface area contributed by atoms with Crippen molar-refractivity contribution < 1.29 is 13.2 Å². The standard InChI is InChI=1S/C12H13ClN4O3S/c1-20-11-6-8(2-3-9(11)13)17-21(18,19)12-7-15-5-4-10(12)16-14/h2-7,17H,14H2,1H3,(H,15,16). The summed E-state index contributed by atoms with van der Waals surface area (Å²) in [5.74, 6) is 5.66.